The van der Waals surface area contributed by atoms with Gasteiger partial charge < -0.3 is 10.2 Å². The van der Waals surface area contributed by atoms with Crippen LogP contribution in [0.5, 0.6) is 0 Å². The number of Topliss-reactive ketones (excluding diaryl/α,β-unsaturated/α-hetero) is 1. The van der Waals surface area contributed by atoms with E-state index in [0.29, 0.717) is 29.0 Å². The van der Waals surface area contributed by atoms with E-state index >= 15 is 0 Å². The van der Waals surface area contributed by atoms with Crippen molar-refractivity contribution < 1.29 is 14.4 Å². The zero-order chi connectivity index (χ0) is 19.4. The lowest BCUT2D eigenvalue weighted by molar-refractivity contribution is -0.136. The molecule has 0 radical (unpaired) electrons. The summed E-state index contributed by atoms with van der Waals surface area (Å²) < 4.78 is 0.630. The van der Waals surface area contributed by atoms with Crippen LogP contribution in [0.15, 0.2) is 47.1 Å². The number of nitrogens with one attached hydrogen (secondary N) is 1. The standard InChI is InChI=1S/C20H20BrN3O3/c1-13(25)15-6-2-5-14(11-15)12-19(26)24-10-4-7-16(24)20(27)23-18-9-3-8-17(21)22-18/h2-3,5-6,8-9,11,16H,4,7,10,12H2,1H3,(H,22,23,27)/t16-/m0/s1. The van der Waals surface area contributed by atoms with Crippen molar-refractivity contribution >= 4 is 39.3 Å². The minimum atomic E-state index is -0.505. The Bertz CT molecular complexity index is 884. The van der Waals surface area contributed by atoms with Gasteiger partial charge in [0, 0.05) is 12.1 Å². The summed E-state index contributed by atoms with van der Waals surface area (Å²) in [5.74, 6) is 0.0616. The third-order valence-electron chi connectivity index (χ3n) is 4.53. The zero-order valence-electron chi connectivity index (χ0n) is 14.9. The molecule has 1 atom stereocenters. The lowest BCUT2D eigenvalue weighted by atomic mass is 10.0. The zero-order valence-corrected chi connectivity index (χ0v) is 16.5. The largest absolute Gasteiger partial charge is 0.330 e. The second kappa shape index (κ2) is 8.43. The molecule has 1 aromatic heterocycles. The summed E-state index contributed by atoms with van der Waals surface area (Å²) in [6, 6.07) is 11.8. The minimum Gasteiger partial charge on any atom is -0.330 e. The molecule has 1 aromatic carbocycles. The summed E-state index contributed by atoms with van der Waals surface area (Å²) in [5.41, 5.74) is 1.35. The first-order valence-electron chi connectivity index (χ1n) is 8.77. The van der Waals surface area contributed by atoms with Crippen molar-refractivity contribution in [2.75, 3.05) is 11.9 Å². The summed E-state index contributed by atoms with van der Waals surface area (Å²) in [5, 5.41) is 2.78. The van der Waals surface area contributed by atoms with Crippen LogP contribution in [0.4, 0.5) is 5.82 Å². The van der Waals surface area contributed by atoms with Crippen molar-refractivity contribution in [3.8, 4) is 0 Å². The molecule has 0 aliphatic carbocycles. The minimum absolute atomic E-state index is 0.0377. The predicted molar refractivity (Wildman–Crippen MR) is 105 cm³/mol. The number of amides is 2. The van der Waals surface area contributed by atoms with E-state index in [1.54, 1.807) is 41.3 Å². The van der Waals surface area contributed by atoms with Crippen LogP contribution in [0.3, 0.4) is 0 Å². The van der Waals surface area contributed by atoms with E-state index in [-0.39, 0.29) is 24.0 Å². The summed E-state index contributed by atoms with van der Waals surface area (Å²) in [6.45, 7) is 2.05. The van der Waals surface area contributed by atoms with Crippen LogP contribution in [-0.2, 0) is 16.0 Å². The highest BCUT2D eigenvalue weighted by atomic mass is 79.9. The Balaban J connectivity index is 1.68. The van der Waals surface area contributed by atoms with E-state index in [4.69, 9.17) is 0 Å². The summed E-state index contributed by atoms with van der Waals surface area (Å²) in [4.78, 5) is 42.7. The van der Waals surface area contributed by atoms with Gasteiger partial charge in [0.1, 0.15) is 16.5 Å². The Morgan fingerprint density at radius 1 is 1.22 bits per heavy atom. The van der Waals surface area contributed by atoms with Crippen LogP contribution in [-0.4, -0.2) is 40.1 Å². The molecule has 0 bridgehead atoms. The number of nitrogens with zero attached hydrogens (tertiary/aromatic N) is 2. The Labute approximate surface area is 166 Å². The Morgan fingerprint density at radius 2 is 2.00 bits per heavy atom. The van der Waals surface area contributed by atoms with Gasteiger partial charge in [-0.1, -0.05) is 24.3 Å². The second-order valence-electron chi connectivity index (χ2n) is 6.51. The molecule has 7 heteroatoms. The molecule has 1 saturated heterocycles. The number of benzene rings is 1. The molecule has 2 heterocycles. The van der Waals surface area contributed by atoms with Crippen molar-refractivity contribution in [2.24, 2.45) is 0 Å². The Morgan fingerprint density at radius 3 is 2.74 bits per heavy atom. The molecular formula is C20H20BrN3O3. The second-order valence-corrected chi connectivity index (χ2v) is 7.33. The monoisotopic (exact) mass is 429 g/mol. The smallest absolute Gasteiger partial charge is 0.248 e. The summed E-state index contributed by atoms with van der Waals surface area (Å²) in [6.07, 6.45) is 1.57. The van der Waals surface area contributed by atoms with Gasteiger partial charge in [0.05, 0.1) is 6.42 Å². The van der Waals surface area contributed by atoms with Gasteiger partial charge >= 0.3 is 0 Å². The first-order valence-corrected chi connectivity index (χ1v) is 9.56. The van der Waals surface area contributed by atoms with Gasteiger partial charge in [-0.15, -0.1) is 0 Å². The van der Waals surface area contributed by atoms with E-state index in [0.717, 1.165) is 12.0 Å². The Kier molecular flexibility index (Phi) is 6.01. The van der Waals surface area contributed by atoms with Gasteiger partial charge in [0.15, 0.2) is 5.78 Å². The number of hydrogen-bond acceptors (Lipinski definition) is 4. The third-order valence-corrected chi connectivity index (χ3v) is 4.97. The van der Waals surface area contributed by atoms with Gasteiger partial charge in [-0.2, -0.15) is 0 Å². The van der Waals surface area contributed by atoms with Crippen LogP contribution in [0.1, 0.15) is 35.7 Å². The molecule has 1 aliphatic heterocycles. The molecule has 0 unspecified atom stereocenters. The number of ketones is 1. The molecule has 140 valence electrons. The molecule has 27 heavy (non-hydrogen) atoms. The van der Waals surface area contributed by atoms with Gasteiger partial charge in [0.2, 0.25) is 11.8 Å². The molecule has 3 rings (SSSR count). The molecule has 0 saturated carbocycles. The number of halogens is 1. The molecule has 2 aromatic rings. The molecule has 6 nitrogen and oxygen atoms in total. The highest BCUT2D eigenvalue weighted by Gasteiger charge is 2.34. The average molecular weight is 430 g/mol. The van der Waals surface area contributed by atoms with Crippen molar-refractivity contribution in [1.82, 2.24) is 9.88 Å². The number of hydrogen-bond donors (Lipinski definition) is 1. The highest BCUT2D eigenvalue weighted by molar-refractivity contribution is 9.10. The van der Waals surface area contributed by atoms with Gasteiger partial charge in [-0.25, -0.2) is 4.98 Å². The van der Waals surface area contributed by atoms with Crippen molar-refractivity contribution in [1.29, 1.82) is 0 Å². The predicted octanol–water partition coefficient (Wildman–Crippen LogP) is 3.22. The molecule has 1 N–H and O–H groups in total. The Hall–Kier alpha value is -2.54. The lowest BCUT2D eigenvalue weighted by Gasteiger charge is -2.24. The molecule has 2 amide bonds. The van der Waals surface area contributed by atoms with Gasteiger partial charge in [0.25, 0.3) is 0 Å². The number of carbonyl (C=O) groups is 3. The maximum atomic E-state index is 12.8. The van der Waals surface area contributed by atoms with Crippen molar-refractivity contribution in [2.45, 2.75) is 32.2 Å². The van der Waals surface area contributed by atoms with Gasteiger partial charge in [-0.3, -0.25) is 14.4 Å². The number of pyridine rings is 1. The van der Waals surface area contributed by atoms with Crippen LogP contribution in [0.25, 0.3) is 0 Å². The fraction of sp³-hybridized carbons (Fsp3) is 0.300. The molecular weight excluding hydrogens is 410 g/mol. The molecule has 0 spiro atoms. The number of carbonyl (C=O) groups excluding carboxylic acids is 3. The normalized spacial score (nSPS) is 16.2. The number of aromatic nitrogens is 1. The number of rotatable bonds is 5. The maximum absolute atomic E-state index is 12.8. The van der Waals surface area contributed by atoms with E-state index < -0.39 is 6.04 Å². The first-order chi connectivity index (χ1) is 12.9. The van der Waals surface area contributed by atoms with E-state index in [1.165, 1.54) is 6.92 Å². The van der Waals surface area contributed by atoms with Crippen LogP contribution >= 0.6 is 15.9 Å². The van der Waals surface area contributed by atoms with E-state index in [1.807, 2.05) is 6.07 Å². The summed E-state index contributed by atoms with van der Waals surface area (Å²) >= 11 is 3.27. The van der Waals surface area contributed by atoms with Gasteiger partial charge in [-0.05, 0) is 59.5 Å². The highest BCUT2D eigenvalue weighted by Crippen LogP contribution is 2.21. The van der Waals surface area contributed by atoms with E-state index in [2.05, 4.69) is 26.2 Å². The fourth-order valence-corrected chi connectivity index (χ4v) is 3.55. The summed E-state index contributed by atoms with van der Waals surface area (Å²) in [7, 11) is 0. The van der Waals surface area contributed by atoms with E-state index in [9.17, 15) is 14.4 Å². The van der Waals surface area contributed by atoms with Crippen LogP contribution in [0, 0.1) is 0 Å². The number of likely N-dealkylation sites (tertiary alicyclic amines) is 1. The topological polar surface area (TPSA) is 79.4 Å². The van der Waals surface area contributed by atoms with Crippen LogP contribution < -0.4 is 5.32 Å². The average Bonchev–Trinajstić information content (AvgIpc) is 3.12. The van der Waals surface area contributed by atoms with Crippen molar-refractivity contribution in [3.63, 3.8) is 0 Å². The number of anilines is 1. The lowest BCUT2D eigenvalue weighted by Crippen LogP contribution is -2.43. The van der Waals surface area contributed by atoms with Crippen molar-refractivity contribution in [3.05, 3.63) is 58.2 Å². The first kappa shape index (κ1) is 19.2. The molecule has 1 aliphatic rings. The third kappa shape index (κ3) is 4.80. The quantitative estimate of drug-likeness (QED) is 0.584. The molecule has 1 fully saturated rings. The van der Waals surface area contributed by atoms with Crippen LogP contribution in [0.2, 0.25) is 0 Å². The SMILES string of the molecule is CC(=O)c1cccc(CC(=O)N2CCC[C@H]2C(=O)Nc2cccc(Br)n2)c1. The maximum Gasteiger partial charge on any atom is 0.248 e. The fourth-order valence-electron chi connectivity index (χ4n) is 3.20.